The van der Waals surface area contributed by atoms with Crippen molar-refractivity contribution in [1.82, 2.24) is 20.4 Å². The SMILES string of the molecule is CCCC1(c2nc(C3CN(CC)CCO3)no2)CCNC1. The Morgan fingerprint density at radius 2 is 2.33 bits per heavy atom. The van der Waals surface area contributed by atoms with Crippen molar-refractivity contribution in [2.75, 3.05) is 39.3 Å². The van der Waals surface area contributed by atoms with Gasteiger partial charge in [0, 0.05) is 19.6 Å². The number of ether oxygens (including phenoxy) is 1. The van der Waals surface area contributed by atoms with Crippen LogP contribution in [0.4, 0.5) is 0 Å². The monoisotopic (exact) mass is 294 g/mol. The number of likely N-dealkylation sites (N-methyl/N-ethyl adjacent to an activating group) is 1. The van der Waals surface area contributed by atoms with Gasteiger partial charge in [0.2, 0.25) is 11.7 Å². The maximum Gasteiger partial charge on any atom is 0.234 e. The van der Waals surface area contributed by atoms with E-state index in [1.165, 1.54) is 0 Å². The Bertz CT molecular complexity index is 456. The summed E-state index contributed by atoms with van der Waals surface area (Å²) in [5.41, 5.74) is 0.0269. The minimum Gasteiger partial charge on any atom is -0.367 e. The third-order valence-corrected chi connectivity index (χ3v) is 4.75. The van der Waals surface area contributed by atoms with E-state index in [-0.39, 0.29) is 11.5 Å². The molecule has 3 rings (SSSR count). The first-order valence-electron chi connectivity index (χ1n) is 8.16. The van der Waals surface area contributed by atoms with Crippen LogP contribution in [0.3, 0.4) is 0 Å². The van der Waals surface area contributed by atoms with Crippen molar-refractivity contribution < 1.29 is 9.26 Å². The van der Waals surface area contributed by atoms with Crippen LogP contribution in [0.5, 0.6) is 0 Å². The molecule has 118 valence electrons. The Balaban J connectivity index is 1.76. The van der Waals surface area contributed by atoms with Crippen LogP contribution < -0.4 is 5.32 Å². The molecule has 3 heterocycles. The molecule has 0 aliphatic carbocycles. The minimum absolute atomic E-state index is 0.0269. The number of rotatable bonds is 5. The van der Waals surface area contributed by atoms with Crippen molar-refractivity contribution in [2.45, 2.75) is 44.6 Å². The molecule has 0 spiro atoms. The molecule has 0 radical (unpaired) electrons. The lowest BCUT2D eigenvalue weighted by molar-refractivity contribution is -0.0334. The zero-order valence-corrected chi connectivity index (χ0v) is 13.1. The standard InChI is InChI=1S/C15H26N4O2/c1-3-5-15(6-7-16-11-15)14-17-13(18-21-14)12-10-19(4-2)8-9-20-12/h12,16H,3-11H2,1-2H3. The van der Waals surface area contributed by atoms with E-state index in [9.17, 15) is 0 Å². The molecule has 0 amide bonds. The smallest absolute Gasteiger partial charge is 0.234 e. The number of hydrogen-bond acceptors (Lipinski definition) is 6. The van der Waals surface area contributed by atoms with E-state index in [4.69, 9.17) is 14.2 Å². The van der Waals surface area contributed by atoms with Crippen LogP contribution in [0.25, 0.3) is 0 Å². The normalized spacial score (nSPS) is 30.9. The summed E-state index contributed by atoms with van der Waals surface area (Å²) in [4.78, 5) is 7.07. The molecule has 1 aromatic rings. The minimum atomic E-state index is -0.0516. The van der Waals surface area contributed by atoms with Gasteiger partial charge in [0.05, 0.1) is 12.0 Å². The fourth-order valence-electron chi connectivity index (χ4n) is 3.45. The van der Waals surface area contributed by atoms with E-state index >= 15 is 0 Å². The van der Waals surface area contributed by atoms with Gasteiger partial charge in [0.1, 0.15) is 6.10 Å². The van der Waals surface area contributed by atoms with Crippen molar-refractivity contribution in [3.8, 4) is 0 Å². The highest BCUT2D eigenvalue weighted by Gasteiger charge is 2.40. The highest BCUT2D eigenvalue weighted by molar-refractivity contribution is 5.11. The van der Waals surface area contributed by atoms with E-state index in [0.717, 1.165) is 64.5 Å². The summed E-state index contributed by atoms with van der Waals surface area (Å²) >= 11 is 0. The average Bonchev–Trinajstić information content (AvgIpc) is 3.17. The average molecular weight is 294 g/mol. The number of morpholine rings is 1. The predicted molar refractivity (Wildman–Crippen MR) is 79.2 cm³/mol. The Morgan fingerprint density at radius 3 is 3.05 bits per heavy atom. The second-order valence-electron chi connectivity index (χ2n) is 6.17. The molecular formula is C15H26N4O2. The van der Waals surface area contributed by atoms with Gasteiger partial charge in [0.15, 0.2) is 0 Å². The van der Waals surface area contributed by atoms with Gasteiger partial charge in [-0.25, -0.2) is 0 Å². The summed E-state index contributed by atoms with van der Waals surface area (Å²) in [5, 5.41) is 7.65. The highest BCUT2D eigenvalue weighted by atomic mass is 16.5. The van der Waals surface area contributed by atoms with Gasteiger partial charge in [0.25, 0.3) is 0 Å². The molecule has 0 bridgehead atoms. The molecule has 0 aromatic carbocycles. The topological polar surface area (TPSA) is 63.4 Å². The first-order chi connectivity index (χ1) is 10.3. The summed E-state index contributed by atoms with van der Waals surface area (Å²) in [5.74, 6) is 1.51. The van der Waals surface area contributed by atoms with Gasteiger partial charge >= 0.3 is 0 Å². The van der Waals surface area contributed by atoms with Crippen molar-refractivity contribution >= 4 is 0 Å². The van der Waals surface area contributed by atoms with Gasteiger partial charge in [-0.15, -0.1) is 0 Å². The molecule has 2 fully saturated rings. The van der Waals surface area contributed by atoms with Gasteiger partial charge in [-0.1, -0.05) is 25.4 Å². The van der Waals surface area contributed by atoms with Crippen LogP contribution in [-0.4, -0.2) is 54.4 Å². The molecule has 2 aliphatic rings. The summed E-state index contributed by atoms with van der Waals surface area (Å²) in [7, 11) is 0. The van der Waals surface area contributed by atoms with E-state index < -0.39 is 0 Å². The Hall–Kier alpha value is -0.980. The quantitative estimate of drug-likeness (QED) is 0.888. The van der Waals surface area contributed by atoms with Crippen LogP contribution in [0.2, 0.25) is 0 Å². The van der Waals surface area contributed by atoms with Crippen molar-refractivity contribution in [3.05, 3.63) is 11.7 Å². The third kappa shape index (κ3) is 2.98. The Labute approximate surface area is 126 Å². The molecule has 2 saturated heterocycles. The first-order valence-corrected chi connectivity index (χ1v) is 8.16. The first kappa shape index (κ1) is 14.9. The molecular weight excluding hydrogens is 268 g/mol. The lowest BCUT2D eigenvalue weighted by Crippen LogP contribution is -2.38. The Kier molecular flexibility index (Phi) is 4.57. The third-order valence-electron chi connectivity index (χ3n) is 4.75. The fourth-order valence-corrected chi connectivity index (χ4v) is 3.45. The number of nitrogens with one attached hydrogen (secondary N) is 1. The summed E-state index contributed by atoms with van der Waals surface area (Å²) in [6, 6.07) is 0. The van der Waals surface area contributed by atoms with Gasteiger partial charge < -0.3 is 14.6 Å². The van der Waals surface area contributed by atoms with E-state index in [0.29, 0.717) is 5.82 Å². The summed E-state index contributed by atoms with van der Waals surface area (Å²) < 4.78 is 11.4. The highest BCUT2D eigenvalue weighted by Crippen LogP contribution is 2.35. The van der Waals surface area contributed by atoms with E-state index in [1.807, 2.05) is 0 Å². The van der Waals surface area contributed by atoms with Crippen LogP contribution in [0.15, 0.2) is 4.52 Å². The number of aromatic nitrogens is 2. The van der Waals surface area contributed by atoms with Crippen LogP contribution in [0, 0.1) is 0 Å². The molecule has 0 saturated carbocycles. The zero-order chi connectivity index (χ0) is 14.7. The summed E-state index contributed by atoms with van der Waals surface area (Å²) in [6.07, 6.45) is 3.25. The molecule has 2 unspecified atom stereocenters. The number of nitrogens with zero attached hydrogens (tertiary/aromatic N) is 3. The largest absolute Gasteiger partial charge is 0.367 e. The molecule has 1 N–H and O–H groups in total. The molecule has 2 atom stereocenters. The predicted octanol–water partition coefficient (Wildman–Crippen LogP) is 1.49. The van der Waals surface area contributed by atoms with E-state index in [1.54, 1.807) is 0 Å². The van der Waals surface area contributed by atoms with Crippen LogP contribution in [-0.2, 0) is 10.2 Å². The molecule has 2 aliphatic heterocycles. The zero-order valence-electron chi connectivity index (χ0n) is 13.1. The fraction of sp³-hybridized carbons (Fsp3) is 0.867. The second kappa shape index (κ2) is 6.42. The van der Waals surface area contributed by atoms with E-state index in [2.05, 4.69) is 29.2 Å². The van der Waals surface area contributed by atoms with Crippen molar-refractivity contribution in [2.24, 2.45) is 0 Å². The van der Waals surface area contributed by atoms with Crippen molar-refractivity contribution in [3.63, 3.8) is 0 Å². The molecule has 6 heteroatoms. The van der Waals surface area contributed by atoms with Crippen molar-refractivity contribution in [1.29, 1.82) is 0 Å². The maximum atomic E-state index is 5.82. The van der Waals surface area contributed by atoms with Gasteiger partial charge in [-0.05, 0) is 25.9 Å². The second-order valence-corrected chi connectivity index (χ2v) is 6.17. The molecule has 21 heavy (non-hydrogen) atoms. The van der Waals surface area contributed by atoms with Gasteiger partial charge in [-0.3, -0.25) is 4.90 Å². The maximum absolute atomic E-state index is 5.82. The lowest BCUT2D eigenvalue weighted by Gasteiger charge is -2.30. The summed E-state index contributed by atoms with van der Waals surface area (Å²) in [6.45, 7) is 9.97. The van der Waals surface area contributed by atoms with Crippen LogP contribution >= 0.6 is 0 Å². The lowest BCUT2D eigenvalue weighted by atomic mass is 9.82. The molecule has 6 nitrogen and oxygen atoms in total. The molecule has 1 aromatic heterocycles. The Morgan fingerprint density at radius 1 is 1.43 bits per heavy atom. The van der Waals surface area contributed by atoms with Crippen LogP contribution in [0.1, 0.15) is 50.9 Å². The number of hydrogen-bond donors (Lipinski definition) is 1. The van der Waals surface area contributed by atoms with Gasteiger partial charge in [-0.2, -0.15) is 4.98 Å².